The number of hydrogen-bond donors (Lipinski definition) is 1. The third-order valence-corrected chi connectivity index (χ3v) is 1.88. The number of nitrogens with one attached hydrogen (secondary N) is 1. The third kappa shape index (κ3) is 1.05. The molecule has 4 heteroatoms. The van der Waals surface area contributed by atoms with E-state index in [2.05, 4.69) is 5.32 Å². The maximum atomic E-state index is 10.7. The molecule has 2 rings (SSSR count). The van der Waals surface area contributed by atoms with E-state index in [1.807, 2.05) is 13.0 Å². The standard InChI is InChI=1S/C8H9NO3/c1-5-2-3-11-7(5)6-4-9-8(10)12-6/h2-3,6H,4H2,1H3,(H,9,10). The highest BCUT2D eigenvalue weighted by Crippen LogP contribution is 2.24. The molecule has 1 fully saturated rings. The minimum Gasteiger partial charge on any atom is -0.465 e. The van der Waals surface area contributed by atoms with Gasteiger partial charge in [-0.2, -0.15) is 0 Å². The van der Waals surface area contributed by atoms with Crippen LogP contribution in [0.1, 0.15) is 17.4 Å². The summed E-state index contributed by atoms with van der Waals surface area (Å²) in [5.74, 6) is 0.730. The van der Waals surface area contributed by atoms with Crippen LogP contribution in [-0.2, 0) is 4.74 Å². The van der Waals surface area contributed by atoms with Crippen LogP contribution in [0.2, 0.25) is 0 Å². The molecule has 0 radical (unpaired) electrons. The first-order valence-corrected chi connectivity index (χ1v) is 3.76. The average molecular weight is 167 g/mol. The molecule has 1 amide bonds. The van der Waals surface area contributed by atoms with Crippen molar-refractivity contribution in [3.05, 3.63) is 23.7 Å². The van der Waals surface area contributed by atoms with E-state index in [4.69, 9.17) is 9.15 Å². The van der Waals surface area contributed by atoms with Crippen LogP contribution in [0.25, 0.3) is 0 Å². The Labute approximate surface area is 69.5 Å². The second-order valence-electron chi connectivity index (χ2n) is 2.74. The number of ether oxygens (including phenoxy) is 1. The van der Waals surface area contributed by atoms with Crippen molar-refractivity contribution in [2.24, 2.45) is 0 Å². The Morgan fingerprint density at radius 1 is 1.67 bits per heavy atom. The van der Waals surface area contributed by atoms with Gasteiger partial charge in [0.2, 0.25) is 0 Å². The second kappa shape index (κ2) is 2.55. The smallest absolute Gasteiger partial charge is 0.408 e. The molecule has 2 heterocycles. The lowest BCUT2D eigenvalue weighted by Crippen LogP contribution is -2.12. The van der Waals surface area contributed by atoms with Crippen LogP contribution in [-0.4, -0.2) is 12.6 Å². The Hall–Kier alpha value is -1.45. The number of amides is 1. The molecule has 0 aromatic carbocycles. The largest absolute Gasteiger partial charge is 0.465 e. The van der Waals surface area contributed by atoms with Crippen molar-refractivity contribution >= 4 is 6.09 Å². The van der Waals surface area contributed by atoms with Gasteiger partial charge in [0.15, 0.2) is 6.10 Å². The summed E-state index contributed by atoms with van der Waals surface area (Å²) in [4.78, 5) is 10.7. The van der Waals surface area contributed by atoms with Crippen molar-refractivity contribution in [3.63, 3.8) is 0 Å². The summed E-state index contributed by atoms with van der Waals surface area (Å²) in [6.07, 6.45) is 0.958. The van der Waals surface area contributed by atoms with E-state index >= 15 is 0 Å². The average Bonchev–Trinajstić information content (AvgIpc) is 2.58. The van der Waals surface area contributed by atoms with Crippen molar-refractivity contribution in [1.29, 1.82) is 0 Å². The number of rotatable bonds is 1. The van der Waals surface area contributed by atoms with E-state index in [0.717, 1.165) is 11.3 Å². The molecule has 1 atom stereocenters. The summed E-state index contributed by atoms with van der Waals surface area (Å²) in [6.45, 7) is 2.41. The normalized spacial score (nSPS) is 22.1. The van der Waals surface area contributed by atoms with E-state index in [0.29, 0.717) is 6.54 Å². The molecule has 0 aliphatic carbocycles. The molecule has 1 aromatic heterocycles. The molecular formula is C8H9NO3. The molecule has 1 aliphatic rings. The van der Waals surface area contributed by atoms with Gasteiger partial charge in [-0.15, -0.1) is 0 Å². The molecule has 0 spiro atoms. The van der Waals surface area contributed by atoms with E-state index in [9.17, 15) is 4.79 Å². The minimum atomic E-state index is -0.379. The maximum Gasteiger partial charge on any atom is 0.408 e. The van der Waals surface area contributed by atoms with Gasteiger partial charge in [-0.05, 0) is 18.6 Å². The number of cyclic esters (lactones) is 1. The Morgan fingerprint density at radius 3 is 3.00 bits per heavy atom. The lowest BCUT2D eigenvalue weighted by molar-refractivity contribution is 0.128. The quantitative estimate of drug-likeness (QED) is 0.687. The summed E-state index contributed by atoms with van der Waals surface area (Å²) in [7, 11) is 0. The predicted molar refractivity (Wildman–Crippen MR) is 40.7 cm³/mol. The lowest BCUT2D eigenvalue weighted by atomic mass is 10.2. The molecule has 1 unspecified atom stereocenters. The van der Waals surface area contributed by atoms with Gasteiger partial charge >= 0.3 is 6.09 Å². The summed E-state index contributed by atoms with van der Waals surface area (Å²) < 4.78 is 10.1. The van der Waals surface area contributed by atoms with Crippen molar-refractivity contribution < 1.29 is 13.9 Å². The number of hydrogen-bond acceptors (Lipinski definition) is 3. The van der Waals surface area contributed by atoms with Crippen molar-refractivity contribution in [2.75, 3.05) is 6.54 Å². The van der Waals surface area contributed by atoms with Gasteiger partial charge in [-0.1, -0.05) is 0 Å². The molecule has 1 saturated heterocycles. The van der Waals surface area contributed by atoms with E-state index in [1.54, 1.807) is 6.26 Å². The Bertz CT molecular complexity index is 305. The highest BCUT2D eigenvalue weighted by Gasteiger charge is 2.27. The van der Waals surface area contributed by atoms with Crippen LogP contribution < -0.4 is 5.32 Å². The molecular weight excluding hydrogens is 158 g/mol. The van der Waals surface area contributed by atoms with Crippen molar-refractivity contribution in [1.82, 2.24) is 5.32 Å². The summed E-state index contributed by atoms with van der Waals surface area (Å²) in [5.41, 5.74) is 1.01. The van der Waals surface area contributed by atoms with E-state index in [-0.39, 0.29) is 12.2 Å². The number of aryl methyl sites for hydroxylation is 1. The molecule has 12 heavy (non-hydrogen) atoms. The number of carbonyl (C=O) groups is 1. The summed E-state index contributed by atoms with van der Waals surface area (Å²) in [5, 5.41) is 2.56. The predicted octanol–water partition coefficient (Wildman–Crippen LogP) is 1.37. The first-order chi connectivity index (χ1) is 5.77. The molecule has 1 N–H and O–H groups in total. The number of carbonyl (C=O) groups excluding carboxylic acids is 1. The fourth-order valence-corrected chi connectivity index (χ4v) is 1.25. The van der Waals surface area contributed by atoms with Crippen LogP contribution in [0.5, 0.6) is 0 Å². The molecule has 1 aromatic rings. The van der Waals surface area contributed by atoms with Gasteiger partial charge in [0.05, 0.1) is 12.8 Å². The minimum absolute atomic E-state index is 0.257. The Kier molecular flexibility index (Phi) is 1.53. The van der Waals surface area contributed by atoms with Gasteiger partial charge in [0.25, 0.3) is 0 Å². The second-order valence-corrected chi connectivity index (χ2v) is 2.74. The zero-order valence-corrected chi connectivity index (χ0v) is 6.66. The fourth-order valence-electron chi connectivity index (χ4n) is 1.25. The Morgan fingerprint density at radius 2 is 2.50 bits per heavy atom. The molecule has 0 bridgehead atoms. The summed E-state index contributed by atoms with van der Waals surface area (Å²) in [6, 6.07) is 1.85. The maximum absolute atomic E-state index is 10.7. The first kappa shape index (κ1) is 7.21. The van der Waals surface area contributed by atoms with Gasteiger partial charge in [0.1, 0.15) is 5.76 Å². The topological polar surface area (TPSA) is 51.5 Å². The SMILES string of the molecule is Cc1ccoc1C1CNC(=O)O1. The van der Waals surface area contributed by atoms with Gasteiger partial charge in [0, 0.05) is 0 Å². The summed E-state index contributed by atoms with van der Waals surface area (Å²) >= 11 is 0. The monoisotopic (exact) mass is 167 g/mol. The van der Waals surface area contributed by atoms with Crippen molar-refractivity contribution in [3.8, 4) is 0 Å². The lowest BCUT2D eigenvalue weighted by Gasteiger charge is -2.03. The van der Waals surface area contributed by atoms with Gasteiger partial charge in [-0.3, -0.25) is 0 Å². The van der Waals surface area contributed by atoms with E-state index < -0.39 is 0 Å². The fraction of sp³-hybridized carbons (Fsp3) is 0.375. The van der Waals surface area contributed by atoms with Crippen LogP contribution >= 0.6 is 0 Å². The van der Waals surface area contributed by atoms with Crippen LogP contribution in [0.4, 0.5) is 4.79 Å². The van der Waals surface area contributed by atoms with Crippen molar-refractivity contribution in [2.45, 2.75) is 13.0 Å². The van der Waals surface area contributed by atoms with Crippen LogP contribution in [0.15, 0.2) is 16.7 Å². The zero-order chi connectivity index (χ0) is 8.55. The highest BCUT2D eigenvalue weighted by atomic mass is 16.6. The highest BCUT2D eigenvalue weighted by molar-refractivity contribution is 5.69. The van der Waals surface area contributed by atoms with Gasteiger partial charge in [-0.25, -0.2) is 4.79 Å². The third-order valence-electron chi connectivity index (χ3n) is 1.88. The zero-order valence-electron chi connectivity index (χ0n) is 6.66. The molecule has 4 nitrogen and oxygen atoms in total. The van der Waals surface area contributed by atoms with Crippen LogP contribution in [0, 0.1) is 6.92 Å². The van der Waals surface area contributed by atoms with Gasteiger partial charge < -0.3 is 14.5 Å². The molecule has 1 aliphatic heterocycles. The molecule has 64 valence electrons. The first-order valence-electron chi connectivity index (χ1n) is 3.76. The van der Waals surface area contributed by atoms with E-state index in [1.165, 1.54) is 0 Å². The molecule has 0 saturated carbocycles. The number of alkyl carbamates (subject to hydrolysis) is 1. The van der Waals surface area contributed by atoms with Crippen LogP contribution in [0.3, 0.4) is 0 Å². The number of furan rings is 1. The Balaban J connectivity index is 2.21.